The number of fused-ring (bicyclic) bond motifs is 3. The predicted octanol–water partition coefficient (Wildman–Crippen LogP) is 7.77. The first-order chi connectivity index (χ1) is 19.7. The minimum absolute atomic E-state index is 0.00867. The molecule has 230 valence electrons. The van der Waals surface area contributed by atoms with Gasteiger partial charge in [-0.2, -0.15) is 0 Å². The van der Waals surface area contributed by atoms with Gasteiger partial charge in [0.15, 0.2) is 0 Å². The van der Waals surface area contributed by atoms with E-state index < -0.39 is 0 Å². The predicted molar refractivity (Wildman–Crippen MR) is 167 cm³/mol. The first-order valence-corrected chi connectivity index (χ1v) is 16.7. The van der Waals surface area contributed by atoms with E-state index in [-0.39, 0.29) is 11.5 Å². The van der Waals surface area contributed by atoms with Crippen molar-refractivity contribution < 1.29 is 14.6 Å². The number of amides is 1. The maximum atomic E-state index is 13.5. The van der Waals surface area contributed by atoms with E-state index >= 15 is 0 Å². The second kappa shape index (κ2) is 14.6. The van der Waals surface area contributed by atoms with Crippen LogP contribution in [0.3, 0.4) is 0 Å². The van der Waals surface area contributed by atoms with E-state index in [0.717, 1.165) is 45.1 Å². The zero-order valence-corrected chi connectivity index (χ0v) is 26.8. The molecule has 1 amide bonds. The maximum Gasteiger partial charge on any atom is 0.222 e. The molecule has 0 saturated heterocycles. The first-order valence-electron chi connectivity index (χ1n) is 16.7. The lowest BCUT2D eigenvalue weighted by Crippen LogP contribution is -2.56. The smallest absolute Gasteiger partial charge is 0.222 e. The molecule has 0 spiro atoms. The standard InChI is InChI=1S/C36H58N2O3/c1-27-15-18-31-30(16-19-32-35(2,3)33(39)21-22-36(31,32)4)29(27)17-20-34(40)38(25-26-41-5)24-12-8-6-7-9-13-28-14-10-11-23-37-28/h10-11,14,23,30-33,39H,6-9,12-13,15-22,24-26H2,1-5H3/t30?,31?,32?,33-,36+/m0/s1. The number of methoxy groups -OCH3 is 1. The van der Waals surface area contributed by atoms with E-state index in [1.165, 1.54) is 50.6 Å². The van der Waals surface area contributed by atoms with E-state index in [2.05, 4.69) is 49.7 Å². The number of unbranched alkanes of at least 4 members (excludes halogenated alkanes) is 4. The van der Waals surface area contributed by atoms with Crippen LogP contribution >= 0.6 is 0 Å². The summed E-state index contributed by atoms with van der Waals surface area (Å²) in [5, 5.41) is 10.8. The molecule has 5 heteroatoms. The number of aromatic nitrogens is 1. The van der Waals surface area contributed by atoms with Gasteiger partial charge in [-0.15, -0.1) is 0 Å². The van der Waals surface area contributed by atoms with Gasteiger partial charge in [-0.05, 0) is 112 Å². The van der Waals surface area contributed by atoms with Gasteiger partial charge in [0.05, 0.1) is 12.7 Å². The monoisotopic (exact) mass is 566 g/mol. The van der Waals surface area contributed by atoms with E-state index in [1.54, 1.807) is 18.3 Å². The minimum atomic E-state index is -0.181. The summed E-state index contributed by atoms with van der Waals surface area (Å²) in [6.45, 7) is 11.6. The number of aliphatic hydroxyl groups excluding tert-OH is 1. The van der Waals surface area contributed by atoms with Crippen LogP contribution in [-0.2, 0) is 16.0 Å². The Balaban J connectivity index is 1.27. The number of aryl methyl sites for hydroxylation is 1. The molecule has 3 unspecified atom stereocenters. The normalized spacial score (nSPS) is 29.1. The van der Waals surface area contributed by atoms with Crippen LogP contribution in [-0.4, -0.2) is 53.8 Å². The summed E-state index contributed by atoms with van der Waals surface area (Å²) in [6, 6.07) is 6.14. The summed E-state index contributed by atoms with van der Waals surface area (Å²) in [5.74, 6) is 2.17. The van der Waals surface area contributed by atoms with Gasteiger partial charge >= 0.3 is 0 Å². The molecule has 0 aromatic carbocycles. The summed E-state index contributed by atoms with van der Waals surface area (Å²) < 4.78 is 5.36. The van der Waals surface area contributed by atoms with Crippen LogP contribution in [0.4, 0.5) is 0 Å². The quantitative estimate of drug-likeness (QED) is 0.185. The zero-order chi connectivity index (χ0) is 29.5. The highest BCUT2D eigenvalue weighted by Crippen LogP contribution is 2.64. The van der Waals surface area contributed by atoms with Crippen LogP contribution in [0.15, 0.2) is 35.5 Å². The molecule has 5 atom stereocenters. The Labute approximate surface area is 250 Å². The average molecular weight is 567 g/mol. The van der Waals surface area contributed by atoms with Crippen molar-refractivity contribution in [3.05, 3.63) is 41.2 Å². The second-order valence-electron chi connectivity index (χ2n) is 14.3. The third-order valence-electron chi connectivity index (χ3n) is 11.5. The number of hydrogen-bond acceptors (Lipinski definition) is 4. The van der Waals surface area contributed by atoms with Crippen molar-refractivity contribution in [1.82, 2.24) is 9.88 Å². The summed E-state index contributed by atoms with van der Waals surface area (Å²) >= 11 is 0. The number of carbonyl (C=O) groups excluding carboxylic acids is 1. The number of pyridine rings is 1. The Morgan fingerprint density at radius 1 is 1.02 bits per heavy atom. The molecule has 1 N–H and O–H groups in total. The highest BCUT2D eigenvalue weighted by atomic mass is 16.5. The number of ether oxygens (including phenoxy) is 1. The molecule has 0 aliphatic heterocycles. The van der Waals surface area contributed by atoms with Crippen LogP contribution in [0.25, 0.3) is 0 Å². The van der Waals surface area contributed by atoms with Crippen molar-refractivity contribution >= 4 is 5.91 Å². The Morgan fingerprint density at radius 3 is 2.56 bits per heavy atom. The van der Waals surface area contributed by atoms with Gasteiger partial charge in [0.25, 0.3) is 0 Å². The van der Waals surface area contributed by atoms with Crippen LogP contribution < -0.4 is 0 Å². The molecule has 1 aromatic rings. The number of aliphatic hydroxyl groups is 1. The fourth-order valence-corrected chi connectivity index (χ4v) is 9.07. The summed E-state index contributed by atoms with van der Waals surface area (Å²) in [7, 11) is 1.73. The Hall–Kier alpha value is -1.72. The number of nitrogens with zero attached hydrogens (tertiary/aromatic N) is 2. The van der Waals surface area contributed by atoms with Crippen LogP contribution in [0, 0.1) is 28.6 Å². The summed E-state index contributed by atoms with van der Waals surface area (Å²) in [6.07, 6.45) is 17.0. The van der Waals surface area contributed by atoms with Crippen molar-refractivity contribution in [3.63, 3.8) is 0 Å². The van der Waals surface area contributed by atoms with Crippen molar-refractivity contribution in [3.8, 4) is 0 Å². The topological polar surface area (TPSA) is 62.7 Å². The SMILES string of the molecule is COCCN(CCCCCCCc1ccccn1)C(=O)CCC1=C(C)CCC2C1CCC1C(C)(C)[C@@H](O)CC[C@]21C. The largest absolute Gasteiger partial charge is 0.393 e. The summed E-state index contributed by atoms with van der Waals surface area (Å²) in [5.41, 5.74) is 4.61. The minimum Gasteiger partial charge on any atom is -0.393 e. The van der Waals surface area contributed by atoms with Crippen molar-refractivity contribution in [2.24, 2.45) is 28.6 Å². The molecule has 0 bridgehead atoms. The zero-order valence-electron chi connectivity index (χ0n) is 26.8. The number of rotatable bonds is 14. The third kappa shape index (κ3) is 7.63. The molecule has 3 aliphatic carbocycles. The Bertz CT molecular complexity index is 1010. The van der Waals surface area contributed by atoms with E-state index in [1.807, 2.05) is 12.3 Å². The fourth-order valence-electron chi connectivity index (χ4n) is 9.07. The van der Waals surface area contributed by atoms with Crippen molar-refractivity contribution in [2.75, 3.05) is 26.8 Å². The van der Waals surface area contributed by atoms with Crippen molar-refractivity contribution in [2.45, 2.75) is 124 Å². The van der Waals surface area contributed by atoms with Crippen LogP contribution in [0.1, 0.15) is 117 Å². The highest BCUT2D eigenvalue weighted by Gasteiger charge is 2.58. The lowest BCUT2D eigenvalue weighted by Gasteiger charge is -2.62. The average Bonchev–Trinajstić information content (AvgIpc) is 2.96. The van der Waals surface area contributed by atoms with Gasteiger partial charge in [-0.3, -0.25) is 9.78 Å². The van der Waals surface area contributed by atoms with Gasteiger partial charge in [0.1, 0.15) is 0 Å². The first kappa shape index (κ1) is 32.2. The number of allylic oxidation sites excluding steroid dienone is 2. The third-order valence-corrected chi connectivity index (χ3v) is 11.5. The molecular formula is C36H58N2O3. The lowest BCUT2D eigenvalue weighted by molar-refractivity contribution is -0.149. The maximum absolute atomic E-state index is 13.5. The van der Waals surface area contributed by atoms with E-state index in [4.69, 9.17) is 4.74 Å². The Morgan fingerprint density at radius 2 is 1.80 bits per heavy atom. The summed E-state index contributed by atoms with van der Waals surface area (Å²) in [4.78, 5) is 20.0. The van der Waals surface area contributed by atoms with Crippen LogP contribution in [0.2, 0.25) is 0 Å². The van der Waals surface area contributed by atoms with Gasteiger partial charge in [0, 0.05) is 38.5 Å². The van der Waals surface area contributed by atoms with Crippen molar-refractivity contribution in [1.29, 1.82) is 0 Å². The molecule has 5 nitrogen and oxygen atoms in total. The Kier molecular flexibility index (Phi) is 11.5. The number of hydrogen-bond donors (Lipinski definition) is 1. The molecular weight excluding hydrogens is 508 g/mol. The lowest BCUT2D eigenvalue weighted by atomic mass is 9.43. The van der Waals surface area contributed by atoms with Gasteiger partial charge in [-0.25, -0.2) is 0 Å². The molecule has 2 saturated carbocycles. The van der Waals surface area contributed by atoms with Crippen LogP contribution in [0.5, 0.6) is 0 Å². The van der Waals surface area contributed by atoms with E-state index in [0.29, 0.717) is 48.6 Å². The second-order valence-corrected chi connectivity index (χ2v) is 14.3. The molecule has 4 rings (SSSR count). The van der Waals surface area contributed by atoms with Gasteiger partial charge in [0.2, 0.25) is 5.91 Å². The molecule has 3 aliphatic rings. The fraction of sp³-hybridized carbons (Fsp3) is 0.778. The van der Waals surface area contributed by atoms with Gasteiger partial charge < -0.3 is 14.7 Å². The molecule has 41 heavy (non-hydrogen) atoms. The highest BCUT2D eigenvalue weighted by molar-refractivity contribution is 5.76. The molecule has 1 aromatic heterocycles. The van der Waals surface area contributed by atoms with E-state index in [9.17, 15) is 9.90 Å². The molecule has 2 fully saturated rings. The van der Waals surface area contributed by atoms with Gasteiger partial charge in [-0.1, -0.05) is 57.2 Å². The molecule has 1 heterocycles. The molecule has 0 radical (unpaired) electrons. The number of carbonyl (C=O) groups is 1.